The zero-order chi connectivity index (χ0) is 46.1. The lowest BCUT2D eigenvalue weighted by Crippen LogP contribution is -2.61. The predicted octanol–water partition coefficient (Wildman–Crippen LogP) is 3.65. The minimum Gasteiger partial charge on any atom is -0.458 e. The molecule has 0 saturated carbocycles. The molecule has 1 aromatic rings. The lowest BCUT2D eigenvalue weighted by molar-refractivity contribution is -0.319. The van der Waals surface area contributed by atoms with Gasteiger partial charge in [0.1, 0.15) is 42.0 Å². The number of fused-ring (bicyclic) bond motifs is 1. The van der Waals surface area contributed by atoms with Gasteiger partial charge in [-0.05, 0) is 74.9 Å². The molecule has 0 bridgehead atoms. The number of methoxy groups -OCH3 is 2. The highest BCUT2D eigenvalue weighted by Crippen LogP contribution is 2.49. The maximum atomic E-state index is 14.9. The summed E-state index contributed by atoms with van der Waals surface area (Å²) in [6.45, 7) is 18.7. The fourth-order valence-electron chi connectivity index (χ4n) is 10.5. The number of hydrogen-bond acceptors (Lipinski definition) is 17. The number of hydrogen-bond donors (Lipinski definition) is 2. The molecular weight excluding hydrogens is 825 g/mol. The number of aromatic nitrogens is 3. The van der Waals surface area contributed by atoms with Crippen molar-refractivity contribution >= 4 is 29.5 Å². The number of cyclic esters (lactones) is 1. The third-order valence-corrected chi connectivity index (χ3v) is 15.6. The van der Waals surface area contributed by atoms with Crippen molar-refractivity contribution in [2.45, 2.75) is 185 Å². The van der Waals surface area contributed by atoms with Crippen LogP contribution in [0.4, 0.5) is 0 Å². The Kier molecular flexibility index (Phi) is 16.8. The van der Waals surface area contributed by atoms with E-state index < -0.39 is 113 Å². The Labute approximate surface area is 371 Å². The minimum absolute atomic E-state index is 0.118. The molecule has 5 rings (SSSR count). The number of thioether (sulfide) groups is 1. The van der Waals surface area contributed by atoms with Crippen LogP contribution in [0, 0.1) is 29.6 Å². The molecule has 5 heterocycles. The highest BCUT2D eigenvalue weighted by Gasteiger charge is 2.62. The monoisotopic (exact) mass is 898 g/mol. The van der Waals surface area contributed by atoms with Gasteiger partial charge in [-0.3, -0.25) is 19.1 Å². The van der Waals surface area contributed by atoms with Crippen LogP contribution in [0.25, 0.3) is 0 Å². The molecule has 0 aromatic carbocycles. The maximum absolute atomic E-state index is 14.9. The number of carbonyl (C=O) groups excluding carboxylic acids is 3. The van der Waals surface area contributed by atoms with E-state index >= 15 is 0 Å². The van der Waals surface area contributed by atoms with Crippen molar-refractivity contribution in [1.82, 2.24) is 19.7 Å². The fraction of sp³-hybridized carbons (Fsp3) is 0.886. The number of rotatable bonds is 12. The van der Waals surface area contributed by atoms with E-state index in [2.05, 4.69) is 10.1 Å². The SMILES string of the molecule is CC[C@H]1OC(=O)[C@H](C)[C@@H](O[C@H]2C[C@@](C)(OC)[C@@H](O)[C@@H](C)O2)[C@H](C)[C@@H](O[C@@H]2O[C@H](C)C[C@H](N(C)C)[C@H]2O)[C@](C)(OC)C[C@@H](C)C(=O)[C@@H](C)C2C(SCCn3cncn3)C(=O)O[C@@]21C. The molecule has 4 saturated heterocycles. The van der Waals surface area contributed by atoms with Crippen LogP contribution in [0.1, 0.15) is 94.9 Å². The van der Waals surface area contributed by atoms with Gasteiger partial charge in [0, 0.05) is 56.1 Å². The molecule has 0 spiro atoms. The highest BCUT2D eigenvalue weighted by molar-refractivity contribution is 8.00. The van der Waals surface area contributed by atoms with E-state index in [1.54, 1.807) is 45.8 Å². The number of esters is 2. The summed E-state index contributed by atoms with van der Waals surface area (Å²) in [6, 6.07) is -0.289. The first-order valence-corrected chi connectivity index (χ1v) is 23.3. The lowest BCUT2D eigenvalue weighted by Gasteiger charge is -2.50. The Bertz CT molecular complexity index is 1660. The molecular formula is C44H74N4O13S. The van der Waals surface area contributed by atoms with Crippen LogP contribution in [0.5, 0.6) is 0 Å². The van der Waals surface area contributed by atoms with E-state index in [9.17, 15) is 24.6 Å². The van der Waals surface area contributed by atoms with Gasteiger partial charge in [-0.1, -0.05) is 27.7 Å². The third-order valence-electron chi connectivity index (χ3n) is 14.3. The summed E-state index contributed by atoms with van der Waals surface area (Å²) < 4.78 is 53.1. The second-order valence-electron chi connectivity index (χ2n) is 19.0. The van der Waals surface area contributed by atoms with Gasteiger partial charge in [0.25, 0.3) is 0 Å². The van der Waals surface area contributed by atoms with Crippen molar-refractivity contribution in [2.24, 2.45) is 29.6 Å². The summed E-state index contributed by atoms with van der Waals surface area (Å²) >= 11 is 1.39. The van der Waals surface area contributed by atoms with Gasteiger partial charge in [0.15, 0.2) is 18.2 Å². The van der Waals surface area contributed by atoms with Gasteiger partial charge in [-0.15, -0.1) is 11.8 Å². The first-order valence-electron chi connectivity index (χ1n) is 22.2. The largest absolute Gasteiger partial charge is 0.458 e. The second-order valence-corrected chi connectivity index (χ2v) is 20.3. The van der Waals surface area contributed by atoms with Crippen molar-refractivity contribution in [3.63, 3.8) is 0 Å². The number of nitrogens with zero attached hydrogens (tertiary/aromatic N) is 4. The first-order chi connectivity index (χ1) is 29.0. The molecule has 18 heteroatoms. The molecule has 19 atom stereocenters. The molecule has 0 radical (unpaired) electrons. The molecule has 62 heavy (non-hydrogen) atoms. The van der Waals surface area contributed by atoms with Crippen molar-refractivity contribution in [3.8, 4) is 0 Å². The molecule has 17 nitrogen and oxygen atoms in total. The number of likely N-dealkylation sites (N-methyl/N-ethyl adjacent to an activating group) is 1. The number of ketones is 1. The van der Waals surface area contributed by atoms with Gasteiger partial charge < -0.3 is 53.0 Å². The van der Waals surface area contributed by atoms with Gasteiger partial charge in [0.05, 0.1) is 48.1 Å². The van der Waals surface area contributed by atoms with E-state index in [0.29, 0.717) is 18.7 Å². The third kappa shape index (κ3) is 10.4. The van der Waals surface area contributed by atoms with Gasteiger partial charge in [-0.25, -0.2) is 4.98 Å². The minimum atomic E-state index is -1.37. The lowest BCUT2D eigenvalue weighted by atomic mass is 9.70. The normalized spacial score (nSPS) is 45.0. The van der Waals surface area contributed by atoms with E-state index in [1.165, 1.54) is 25.2 Å². The fourth-order valence-corrected chi connectivity index (χ4v) is 12.0. The molecule has 4 aliphatic heterocycles. The van der Waals surface area contributed by atoms with Crippen LogP contribution in [0.15, 0.2) is 12.7 Å². The Morgan fingerprint density at radius 3 is 2.21 bits per heavy atom. The van der Waals surface area contributed by atoms with Gasteiger partial charge in [0.2, 0.25) is 0 Å². The number of ether oxygens (including phenoxy) is 8. The van der Waals surface area contributed by atoms with Gasteiger partial charge in [-0.2, -0.15) is 5.10 Å². The Morgan fingerprint density at radius 1 is 0.935 bits per heavy atom. The number of aryl methyl sites for hydroxylation is 1. The highest BCUT2D eigenvalue weighted by atomic mass is 32.2. The van der Waals surface area contributed by atoms with Crippen molar-refractivity contribution in [1.29, 1.82) is 0 Å². The summed E-state index contributed by atoms with van der Waals surface area (Å²) in [4.78, 5) is 49.7. The van der Waals surface area contributed by atoms with Crippen LogP contribution in [0.3, 0.4) is 0 Å². The molecule has 354 valence electrons. The van der Waals surface area contributed by atoms with Crippen LogP contribution in [-0.4, -0.2) is 165 Å². The smallest absolute Gasteiger partial charge is 0.320 e. The number of aliphatic hydroxyl groups excluding tert-OH is 2. The van der Waals surface area contributed by atoms with Crippen LogP contribution < -0.4 is 0 Å². The van der Waals surface area contributed by atoms with Crippen LogP contribution in [-0.2, 0) is 58.8 Å². The summed E-state index contributed by atoms with van der Waals surface area (Å²) in [5.74, 6) is -4.46. The van der Waals surface area contributed by atoms with Crippen LogP contribution in [0.2, 0.25) is 0 Å². The summed E-state index contributed by atoms with van der Waals surface area (Å²) in [5, 5.41) is 26.3. The molecule has 0 amide bonds. The first kappa shape index (κ1) is 50.7. The quantitative estimate of drug-likeness (QED) is 0.288. The summed E-state index contributed by atoms with van der Waals surface area (Å²) in [6.07, 6.45) is -3.72. The topological polar surface area (TPSA) is 199 Å². The Hall–Kier alpha value is -2.26. The van der Waals surface area contributed by atoms with Gasteiger partial charge >= 0.3 is 11.9 Å². The molecule has 2 N–H and O–H groups in total. The number of Topliss-reactive ketones (excluding diaryl/α,β-unsaturated/α-hetero) is 1. The average molecular weight is 899 g/mol. The number of carbonyl (C=O) groups is 3. The van der Waals surface area contributed by atoms with E-state index in [0.717, 1.165) is 0 Å². The van der Waals surface area contributed by atoms with E-state index in [-0.39, 0.29) is 37.2 Å². The second kappa shape index (κ2) is 20.5. The zero-order valence-corrected chi connectivity index (χ0v) is 40.0. The molecule has 4 fully saturated rings. The Morgan fingerprint density at radius 2 is 1.61 bits per heavy atom. The molecule has 2 unspecified atom stereocenters. The van der Waals surface area contributed by atoms with Crippen LogP contribution >= 0.6 is 11.8 Å². The molecule has 4 aliphatic rings. The summed E-state index contributed by atoms with van der Waals surface area (Å²) in [5.41, 5.74) is -3.65. The average Bonchev–Trinajstić information content (AvgIpc) is 3.84. The maximum Gasteiger partial charge on any atom is 0.320 e. The van der Waals surface area contributed by atoms with Crippen molar-refractivity contribution < 1.29 is 62.5 Å². The molecule has 0 aliphatic carbocycles. The standard InChI is InChI=1S/C44H74N4O13S/c1-15-30-44(10)32(36(40(53)61-44)62-17-16-48-22-45-21-46-48)25(4)33(49)23(2)19-43(9,55-14)38(60-41-34(50)29(47(11)12)18-24(3)56-41)26(5)35(27(6)39(52)58-30)59-31-20-42(8,54-13)37(51)28(7)57-31/h21-32,34-38,41,50-51H,15-20H2,1-14H3/t23-,24-,25+,26+,27-,28-,29+,30-,31+,32?,34-,35+,36?,37+,38-,41+,42-,43-,44-/m1/s1. The predicted molar refractivity (Wildman–Crippen MR) is 229 cm³/mol. The van der Waals surface area contributed by atoms with Crippen molar-refractivity contribution in [3.05, 3.63) is 12.7 Å². The van der Waals surface area contributed by atoms with Crippen molar-refractivity contribution in [2.75, 3.05) is 34.1 Å². The van der Waals surface area contributed by atoms with E-state index in [4.69, 9.17) is 37.9 Å². The van der Waals surface area contributed by atoms with E-state index in [1.807, 2.05) is 60.5 Å². The number of aliphatic hydroxyl groups is 2. The Balaban J connectivity index is 1.62. The molecule has 1 aromatic heterocycles. The summed E-state index contributed by atoms with van der Waals surface area (Å²) in [7, 11) is 6.86. The zero-order valence-electron chi connectivity index (χ0n) is 39.2.